The maximum absolute atomic E-state index is 13.2. The monoisotopic (exact) mass is 431 g/mol. The van der Waals surface area contributed by atoms with Crippen LogP contribution in [0.3, 0.4) is 0 Å². The van der Waals surface area contributed by atoms with Gasteiger partial charge in [0.25, 0.3) is 0 Å². The molecule has 5 heteroatoms. The Morgan fingerprint density at radius 3 is 2.19 bits per heavy atom. The van der Waals surface area contributed by atoms with Crippen LogP contribution in [0.4, 0.5) is 10.1 Å². The Morgan fingerprint density at radius 2 is 1.58 bits per heavy atom. The van der Waals surface area contributed by atoms with Crippen LogP contribution in [-0.2, 0) is 0 Å². The number of rotatable bonds is 6. The summed E-state index contributed by atoms with van der Waals surface area (Å²) in [5.41, 5.74) is 2.33. The second-order valence-electron chi connectivity index (χ2n) is 5.89. The molecule has 0 aliphatic heterocycles. The van der Waals surface area contributed by atoms with Crippen molar-refractivity contribution in [3.05, 3.63) is 99.2 Å². The molecule has 0 amide bonds. The van der Waals surface area contributed by atoms with E-state index in [4.69, 9.17) is 11.6 Å². The molecule has 0 bridgehead atoms. The summed E-state index contributed by atoms with van der Waals surface area (Å²) < 4.78 is 14.1. The summed E-state index contributed by atoms with van der Waals surface area (Å²) in [5.74, 6) is -0.294. The van der Waals surface area contributed by atoms with Crippen LogP contribution < -0.4 is 5.32 Å². The lowest BCUT2D eigenvalue weighted by atomic mass is 9.97. The first kappa shape index (κ1) is 18.6. The molecule has 1 unspecified atom stereocenters. The fourth-order valence-corrected chi connectivity index (χ4v) is 3.02. The molecule has 0 spiro atoms. The van der Waals surface area contributed by atoms with Crippen molar-refractivity contribution in [2.75, 3.05) is 5.32 Å². The largest absolute Gasteiger partial charge is 0.378 e. The van der Waals surface area contributed by atoms with Crippen molar-refractivity contribution in [1.82, 2.24) is 0 Å². The van der Waals surface area contributed by atoms with Gasteiger partial charge in [-0.2, -0.15) is 0 Å². The molecule has 0 heterocycles. The second kappa shape index (κ2) is 8.47. The van der Waals surface area contributed by atoms with Crippen LogP contribution in [-0.4, -0.2) is 5.78 Å². The average molecular weight is 433 g/mol. The van der Waals surface area contributed by atoms with Crippen molar-refractivity contribution in [2.45, 2.75) is 12.5 Å². The molecule has 3 rings (SSSR count). The zero-order valence-corrected chi connectivity index (χ0v) is 16.1. The van der Waals surface area contributed by atoms with Crippen LogP contribution in [0, 0.1) is 5.82 Å². The van der Waals surface area contributed by atoms with E-state index < -0.39 is 0 Å². The molecule has 26 heavy (non-hydrogen) atoms. The summed E-state index contributed by atoms with van der Waals surface area (Å²) >= 11 is 9.32. The van der Waals surface area contributed by atoms with Crippen molar-refractivity contribution in [1.29, 1.82) is 0 Å². The number of Topliss-reactive ketones (excluding diaryl/α,β-unsaturated/α-hetero) is 1. The molecule has 1 N–H and O–H groups in total. The topological polar surface area (TPSA) is 29.1 Å². The molecule has 0 aromatic heterocycles. The molecule has 0 aliphatic carbocycles. The Kier molecular flexibility index (Phi) is 6.07. The smallest absolute Gasteiger partial charge is 0.165 e. The summed E-state index contributed by atoms with van der Waals surface area (Å²) in [6.07, 6.45) is 0.265. The first-order chi connectivity index (χ1) is 12.5. The minimum Gasteiger partial charge on any atom is -0.378 e. The summed E-state index contributed by atoms with van der Waals surface area (Å²) in [5, 5.41) is 3.92. The van der Waals surface area contributed by atoms with E-state index in [0.29, 0.717) is 10.6 Å². The van der Waals surface area contributed by atoms with E-state index >= 15 is 0 Å². The highest BCUT2D eigenvalue weighted by molar-refractivity contribution is 9.10. The fourth-order valence-electron chi connectivity index (χ4n) is 2.63. The number of hydrogen-bond acceptors (Lipinski definition) is 2. The van der Waals surface area contributed by atoms with E-state index in [0.717, 1.165) is 15.7 Å². The van der Waals surface area contributed by atoms with Crippen molar-refractivity contribution in [2.24, 2.45) is 0 Å². The molecule has 0 saturated heterocycles. The Bertz CT molecular complexity index is 879. The Balaban J connectivity index is 1.84. The van der Waals surface area contributed by atoms with Gasteiger partial charge in [0, 0.05) is 27.2 Å². The van der Waals surface area contributed by atoms with Gasteiger partial charge in [-0.1, -0.05) is 39.7 Å². The minimum absolute atomic E-state index is 0.00389. The highest BCUT2D eigenvalue weighted by Crippen LogP contribution is 2.26. The predicted octanol–water partition coefficient (Wildman–Crippen LogP) is 6.67. The van der Waals surface area contributed by atoms with Crippen LogP contribution in [0.2, 0.25) is 5.02 Å². The van der Waals surface area contributed by atoms with Gasteiger partial charge in [0.15, 0.2) is 5.78 Å². The van der Waals surface area contributed by atoms with Crippen molar-refractivity contribution < 1.29 is 9.18 Å². The lowest BCUT2D eigenvalue weighted by Gasteiger charge is -2.20. The molecule has 3 aromatic carbocycles. The highest BCUT2D eigenvalue weighted by Gasteiger charge is 2.17. The molecule has 0 saturated carbocycles. The lowest BCUT2D eigenvalue weighted by Crippen LogP contribution is -2.16. The third kappa shape index (κ3) is 4.93. The quantitative estimate of drug-likeness (QED) is 0.441. The van der Waals surface area contributed by atoms with E-state index in [1.165, 1.54) is 12.1 Å². The van der Waals surface area contributed by atoms with Crippen molar-refractivity contribution in [3.63, 3.8) is 0 Å². The first-order valence-electron chi connectivity index (χ1n) is 8.07. The summed E-state index contributed by atoms with van der Waals surface area (Å²) in [7, 11) is 0. The maximum Gasteiger partial charge on any atom is 0.165 e. The molecular weight excluding hydrogens is 417 g/mol. The molecule has 0 fully saturated rings. The van der Waals surface area contributed by atoms with E-state index in [1.807, 2.05) is 24.3 Å². The molecule has 132 valence electrons. The highest BCUT2D eigenvalue weighted by atomic mass is 79.9. The van der Waals surface area contributed by atoms with E-state index in [-0.39, 0.29) is 24.1 Å². The maximum atomic E-state index is 13.2. The van der Waals surface area contributed by atoms with Gasteiger partial charge in [0.2, 0.25) is 0 Å². The minimum atomic E-state index is -0.298. The van der Waals surface area contributed by atoms with Crippen LogP contribution in [0.25, 0.3) is 0 Å². The van der Waals surface area contributed by atoms with Crippen LogP contribution in [0.5, 0.6) is 0 Å². The predicted molar refractivity (Wildman–Crippen MR) is 107 cm³/mol. The summed E-state index contributed by atoms with van der Waals surface area (Å²) in [4.78, 5) is 12.7. The number of carbonyl (C=O) groups excluding carboxylic acids is 1. The SMILES string of the molecule is O=C(CC(Nc1ccc(F)cc1)c1ccc(Br)cc1)c1ccc(Cl)cc1. The molecule has 1 atom stereocenters. The van der Waals surface area contributed by atoms with Gasteiger partial charge in [0.05, 0.1) is 6.04 Å². The van der Waals surface area contributed by atoms with Gasteiger partial charge >= 0.3 is 0 Å². The van der Waals surface area contributed by atoms with Gasteiger partial charge in [-0.05, 0) is 66.2 Å². The molecule has 0 aliphatic rings. The summed E-state index contributed by atoms with van der Waals surface area (Å²) in [6.45, 7) is 0. The van der Waals surface area contributed by atoms with Crippen LogP contribution >= 0.6 is 27.5 Å². The van der Waals surface area contributed by atoms with Crippen molar-refractivity contribution >= 4 is 39.0 Å². The Labute approximate surface area is 165 Å². The number of nitrogens with one attached hydrogen (secondary N) is 1. The zero-order chi connectivity index (χ0) is 18.5. The molecule has 0 radical (unpaired) electrons. The molecule has 3 aromatic rings. The normalized spacial score (nSPS) is 11.8. The number of carbonyl (C=O) groups is 1. The molecular formula is C21H16BrClFNO. The number of anilines is 1. The van der Waals surface area contributed by atoms with Gasteiger partial charge in [-0.15, -0.1) is 0 Å². The fraction of sp³-hybridized carbons (Fsp3) is 0.0952. The number of ketones is 1. The van der Waals surface area contributed by atoms with Crippen molar-refractivity contribution in [3.8, 4) is 0 Å². The number of benzene rings is 3. The van der Waals surface area contributed by atoms with Gasteiger partial charge < -0.3 is 5.32 Å². The third-order valence-corrected chi connectivity index (χ3v) is 4.79. The van der Waals surface area contributed by atoms with E-state index in [1.54, 1.807) is 36.4 Å². The Hall–Kier alpha value is -2.17. The zero-order valence-electron chi connectivity index (χ0n) is 13.8. The van der Waals surface area contributed by atoms with Crippen LogP contribution in [0.15, 0.2) is 77.3 Å². The van der Waals surface area contributed by atoms with E-state index in [2.05, 4.69) is 21.2 Å². The summed E-state index contributed by atoms with van der Waals surface area (Å²) in [6, 6.07) is 20.5. The first-order valence-corrected chi connectivity index (χ1v) is 9.25. The molecule has 2 nitrogen and oxygen atoms in total. The standard InChI is InChI=1S/C21H16BrClFNO/c22-16-5-1-14(2-6-16)20(25-19-11-9-18(24)10-12-19)13-21(26)15-3-7-17(23)8-4-15/h1-12,20,25H,13H2. The van der Waals surface area contributed by atoms with E-state index in [9.17, 15) is 9.18 Å². The van der Waals surface area contributed by atoms with Gasteiger partial charge in [-0.25, -0.2) is 4.39 Å². The van der Waals surface area contributed by atoms with Crippen LogP contribution in [0.1, 0.15) is 28.4 Å². The number of hydrogen-bond donors (Lipinski definition) is 1. The third-order valence-electron chi connectivity index (χ3n) is 4.01. The number of halogens is 3. The van der Waals surface area contributed by atoms with Gasteiger partial charge in [0.1, 0.15) is 5.82 Å². The second-order valence-corrected chi connectivity index (χ2v) is 7.24. The van der Waals surface area contributed by atoms with Gasteiger partial charge in [-0.3, -0.25) is 4.79 Å². The average Bonchev–Trinajstić information content (AvgIpc) is 2.64. The lowest BCUT2D eigenvalue weighted by molar-refractivity contribution is 0.0976. The Morgan fingerprint density at radius 1 is 0.962 bits per heavy atom.